The summed E-state index contributed by atoms with van der Waals surface area (Å²) < 4.78 is 2.01. The molecular weight excluding hydrogens is 360 g/mol. The summed E-state index contributed by atoms with van der Waals surface area (Å²) >= 11 is 1.65. The van der Waals surface area contributed by atoms with E-state index < -0.39 is 0 Å². The lowest BCUT2D eigenvalue weighted by Crippen LogP contribution is -2.47. The van der Waals surface area contributed by atoms with Gasteiger partial charge in [-0.1, -0.05) is 19.3 Å². The van der Waals surface area contributed by atoms with Crippen molar-refractivity contribution >= 4 is 28.1 Å². The molecule has 4 rings (SSSR count). The molecule has 3 heterocycles. The number of aromatic nitrogens is 2. The Balaban J connectivity index is 1.30. The standard InChI is InChI=1S/C20H28N4O2S/c1-14-10-24-13-17(22-20(24)27-14)9-21-19(26)16-7-8-18(25)23(12-16)11-15-5-3-2-4-6-15/h10,13,15-16H,2-9,11-12H2,1H3,(H,21,26). The predicted octanol–water partition coefficient (Wildman–Crippen LogP) is 3.14. The Morgan fingerprint density at radius 3 is 2.85 bits per heavy atom. The van der Waals surface area contributed by atoms with Crippen molar-refractivity contribution in [3.63, 3.8) is 0 Å². The van der Waals surface area contributed by atoms with Crippen molar-refractivity contribution in [2.75, 3.05) is 13.1 Å². The molecule has 0 bridgehead atoms. The molecule has 7 heteroatoms. The minimum atomic E-state index is -0.0998. The van der Waals surface area contributed by atoms with Crippen LogP contribution in [0.15, 0.2) is 12.4 Å². The molecule has 6 nitrogen and oxygen atoms in total. The van der Waals surface area contributed by atoms with Gasteiger partial charge in [-0.15, -0.1) is 11.3 Å². The third kappa shape index (κ3) is 4.34. The van der Waals surface area contributed by atoms with Gasteiger partial charge in [0, 0.05) is 36.8 Å². The highest BCUT2D eigenvalue weighted by Crippen LogP contribution is 2.27. The maximum atomic E-state index is 12.6. The van der Waals surface area contributed by atoms with E-state index in [-0.39, 0.29) is 17.7 Å². The molecule has 27 heavy (non-hydrogen) atoms. The Morgan fingerprint density at radius 1 is 1.26 bits per heavy atom. The van der Waals surface area contributed by atoms with Crippen LogP contribution in [0.2, 0.25) is 0 Å². The Labute approximate surface area is 164 Å². The number of carbonyl (C=O) groups excluding carboxylic acids is 2. The number of carbonyl (C=O) groups is 2. The zero-order valence-electron chi connectivity index (χ0n) is 15.9. The fraction of sp³-hybridized carbons (Fsp3) is 0.650. The van der Waals surface area contributed by atoms with Gasteiger partial charge in [0.15, 0.2) is 4.96 Å². The molecule has 1 unspecified atom stereocenters. The summed E-state index contributed by atoms with van der Waals surface area (Å²) in [5, 5.41) is 3.02. The van der Waals surface area contributed by atoms with Crippen molar-refractivity contribution in [1.29, 1.82) is 0 Å². The number of piperidine rings is 1. The minimum Gasteiger partial charge on any atom is -0.350 e. The molecule has 2 aromatic heterocycles. The number of hydrogen-bond acceptors (Lipinski definition) is 4. The van der Waals surface area contributed by atoms with Crippen LogP contribution in [0.5, 0.6) is 0 Å². The monoisotopic (exact) mass is 388 g/mol. The van der Waals surface area contributed by atoms with Gasteiger partial charge in [0.05, 0.1) is 18.2 Å². The fourth-order valence-electron chi connectivity index (χ4n) is 4.35. The third-order valence-electron chi connectivity index (χ3n) is 5.84. The topological polar surface area (TPSA) is 66.7 Å². The molecule has 1 N–H and O–H groups in total. The molecule has 2 aliphatic rings. The van der Waals surface area contributed by atoms with Crippen LogP contribution in [-0.2, 0) is 16.1 Å². The quantitative estimate of drug-likeness (QED) is 0.856. The summed E-state index contributed by atoms with van der Waals surface area (Å²) in [7, 11) is 0. The molecule has 1 aliphatic heterocycles. The molecule has 0 aromatic carbocycles. The van der Waals surface area contributed by atoms with Crippen LogP contribution >= 0.6 is 11.3 Å². The zero-order valence-corrected chi connectivity index (χ0v) is 16.8. The summed E-state index contributed by atoms with van der Waals surface area (Å²) in [4.78, 5) is 33.6. The van der Waals surface area contributed by atoms with Crippen LogP contribution < -0.4 is 5.32 Å². The summed E-state index contributed by atoms with van der Waals surface area (Å²) in [5.41, 5.74) is 0.876. The maximum absolute atomic E-state index is 12.6. The van der Waals surface area contributed by atoms with Crippen LogP contribution in [0.25, 0.3) is 4.96 Å². The van der Waals surface area contributed by atoms with Gasteiger partial charge in [-0.3, -0.25) is 14.0 Å². The molecule has 1 saturated carbocycles. The molecule has 2 fully saturated rings. The highest BCUT2D eigenvalue weighted by atomic mass is 32.1. The Kier molecular flexibility index (Phi) is 5.48. The van der Waals surface area contributed by atoms with Crippen LogP contribution in [0.1, 0.15) is 55.5 Å². The smallest absolute Gasteiger partial charge is 0.225 e. The first-order chi connectivity index (χ1) is 13.1. The predicted molar refractivity (Wildman–Crippen MR) is 106 cm³/mol. The number of likely N-dealkylation sites (tertiary alicyclic amines) is 1. The van der Waals surface area contributed by atoms with Gasteiger partial charge < -0.3 is 10.2 Å². The van der Waals surface area contributed by atoms with E-state index in [0.29, 0.717) is 31.8 Å². The second kappa shape index (κ2) is 8.00. The molecule has 2 amide bonds. The van der Waals surface area contributed by atoms with E-state index in [2.05, 4.69) is 17.2 Å². The number of nitrogens with one attached hydrogen (secondary N) is 1. The second-order valence-corrected chi connectivity index (χ2v) is 9.23. The zero-order chi connectivity index (χ0) is 18.8. The van der Waals surface area contributed by atoms with Gasteiger partial charge in [0.25, 0.3) is 0 Å². The molecular formula is C20H28N4O2S. The Morgan fingerprint density at radius 2 is 2.07 bits per heavy atom. The van der Waals surface area contributed by atoms with Gasteiger partial charge in [-0.2, -0.15) is 0 Å². The SMILES string of the molecule is Cc1cn2cc(CNC(=O)C3CCC(=O)N(CC4CCCCC4)C3)nc2s1. The fourth-order valence-corrected chi connectivity index (χ4v) is 5.18. The maximum Gasteiger partial charge on any atom is 0.225 e. The van der Waals surface area contributed by atoms with E-state index >= 15 is 0 Å². The Bertz CT molecular complexity index is 790. The molecule has 2 aromatic rings. The normalized spacial score (nSPS) is 21.7. The third-order valence-corrected chi connectivity index (χ3v) is 6.75. The van der Waals surface area contributed by atoms with Gasteiger partial charge in [0.1, 0.15) is 0 Å². The van der Waals surface area contributed by atoms with Gasteiger partial charge >= 0.3 is 0 Å². The first kappa shape index (κ1) is 18.5. The van der Waals surface area contributed by atoms with Crippen LogP contribution in [0.4, 0.5) is 0 Å². The second-order valence-electron chi connectivity index (χ2n) is 8.02. The summed E-state index contributed by atoms with van der Waals surface area (Å²) in [6, 6.07) is 0. The van der Waals surface area contributed by atoms with Gasteiger partial charge in [-0.25, -0.2) is 4.98 Å². The average molecular weight is 389 g/mol. The summed E-state index contributed by atoms with van der Waals surface area (Å²) in [6.45, 7) is 3.90. The minimum absolute atomic E-state index is 0.0451. The number of nitrogens with zero attached hydrogens (tertiary/aromatic N) is 3. The molecule has 146 valence electrons. The Hall–Kier alpha value is -1.89. The van der Waals surface area contributed by atoms with E-state index in [1.807, 2.05) is 21.7 Å². The highest BCUT2D eigenvalue weighted by molar-refractivity contribution is 7.16. The van der Waals surface area contributed by atoms with Crippen molar-refractivity contribution in [2.24, 2.45) is 11.8 Å². The first-order valence-corrected chi connectivity index (χ1v) is 10.9. The molecule has 0 spiro atoms. The first-order valence-electron chi connectivity index (χ1n) is 10.1. The van der Waals surface area contributed by atoms with E-state index in [9.17, 15) is 9.59 Å². The summed E-state index contributed by atoms with van der Waals surface area (Å²) in [5.74, 6) is 0.779. The number of aryl methyl sites for hydroxylation is 1. The van der Waals surface area contributed by atoms with Crippen molar-refractivity contribution in [3.8, 4) is 0 Å². The lowest BCUT2D eigenvalue weighted by Gasteiger charge is -2.35. The van der Waals surface area contributed by atoms with Crippen molar-refractivity contribution in [2.45, 2.75) is 58.4 Å². The van der Waals surface area contributed by atoms with Crippen LogP contribution in [0, 0.1) is 18.8 Å². The van der Waals surface area contributed by atoms with Crippen molar-refractivity contribution in [1.82, 2.24) is 19.6 Å². The van der Waals surface area contributed by atoms with Gasteiger partial charge in [-0.05, 0) is 32.1 Å². The molecule has 1 aliphatic carbocycles. The highest BCUT2D eigenvalue weighted by Gasteiger charge is 2.31. The van der Waals surface area contributed by atoms with Crippen LogP contribution in [-0.4, -0.2) is 39.2 Å². The van der Waals surface area contributed by atoms with Crippen molar-refractivity contribution in [3.05, 3.63) is 23.0 Å². The van der Waals surface area contributed by atoms with E-state index in [1.165, 1.54) is 37.0 Å². The van der Waals surface area contributed by atoms with Crippen molar-refractivity contribution < 1.29 is 9.59 Å². The van der Waals surface area contributed by atoms with E-state index in [4.69, 9.17) is 0 Å². The average Bonchev–Trinajstić information content (AvgIpc) is 3.19. The number of hydrogen-bond donors (Lipinski definition) is 1. The van der Waals surface area contributed by atoms with E-state index in [0.717, 1.165) is 17.2 Å². The van der Waals surface area contributed by atoms with Crippen LogP contribution in [0.3, 0.4) is 0 Å². The number of amides is 2. The number of rotatable bonds is 5. The van der Waals surface area contributed by atoms with Gasteiger partial charge in [0.2, 0.25) is 11.8 Å². The number of thiazole rings is 1. The lowest BCUT2D eigenvalue weighted by molar-refractivity contribution is -0.139. The lowest BCUT2D eigenvalue weighted by atomic mass is 9.87. The molecule has 0 radical (unpaired) electrons. The summed E-state index contributed by atoms with van der Waals surface area (Å²) in [6.07, 6.45) is 11.5. The number of fused-ring (bicyclic) bond motifs is 1. The largest absolute Gasteiger partial charge is 0.350 e. The number of imidazole rings is 1. The van der Waals surface area contributed by atoms with E-state index in [1.54, 1.807) is 11.3 Å². The molecule has 1 saturated heterocycles. The molecule has 1 atom stereocenters.